The van der Waals surface area contributed by atoms with Crippen molar-refractivity contribution in [1.29, 1.82) is 0 Å². The maximum absolute atomic E-state index is 11.9. The van der Waals surface area contributed by atoms with Crippen LogP contribution in [0.1, 0.15) is 30.1 Å². The number of carbonyl (C=O) groups is 1. The van der Waals surface area contributed by atoms with Gasteiger partial charge in [0.2, 0.25) is 0 Å². The molecule has 0 spiro atoms. The minimum atomic E-state index is -0.515. The predicted octanol–water partition coefficient (Wildman–Crippen LogP) is 2.83. The SMILES string of the molecule is C=C1C[C@@H](OC(=O)c2ccc([N+](=O)[O-])cc2)C[C@H](C)O1. The second-order valence-corrected chi connectivity index (χ2v) is 4.74. The van der Waals surface area contributed by atoms with E-state index in [9.17, 15) is 14.9 Å². The Morgan fingerprint density at radius 2 is 2.10 bits per heavy atom. The van der Waals surface area contributed by atoms with E-state index in [1.807, 2.05) is 6.92 Å². The van der Waals surface area contributed by atoms with Crippen LogP contribution < -0.4 is 0 Å². The number of benzene rings is 1. The molecule has 2 atom stereocenters. The molecule has 20 heavy (non-hydrogen) atoms. The van der Waals surface area contributed by atoms with Gasteiger partial charge in [0.05, 0.1) is 22.3 Å². The molecule has 6 heteroatoms. The van der Waals surface area contributed by atoms with Gasteiger partial charge in [0, 0.05) is 25.0 Å². The quantitative estimate of drug-likeness (QED) is 0.482. The number of non-ortho nitro benzene ring substituents is 1. The first-order valence-corrected chi connectivity index (χ1v) is 6.25. The number of esters is 1. The van der Waals surface area contributed by atoms with Crippen LogP contribution in [-0.4, -0.2) is 23.1 Å². The van der Waals surface area contributed by atoms with Crippen molar-refractivity contribution >= 4 is 11.7 Å². The lowest BCUT2D eigenvalue weighted by Crippen LogP contribution is -2.29. The molecule has 0 radical (unpaired) electrons. The van der Waals surface area contributed by atoms with Gasteiger partial charge in [0.1, 0.15) is 6.10 Å². The summed E-state index contributed by atoms with van der Waals surface area (Å²) >= 11 is 0. The first-order valence-electron chi connectivity index (χ1n) is 6.25. The largest absolute Gasteiger partial charge is 0.495 e. The Balaban J connectivity index is 2.00. The first-order chi connectivity index (χ1) is 9.45. The van der Waals surface area contributed by atoms with Crippen molar-refractivity contribution < 1.29 is 19.2 Å². The molecule has 0 aromatic heterocycles. The Morgan fingerprint density at radius 3 is 2.65 bits per heavy atom. The Morgan fingerprint density at radius 1 is 1.45 bits per heavy atom. The summed E-state index contributed by atoms with van der Waals surface area (Å²) in [5, 5.41) is 10.5. The van der Waals surface area contributed by atoms with E-state index in [2.05, 4.69) is 6.58 Å². The van der Waals surface area contributed by atoms with Crippen molar-refractivity contribution in [3.63, 3.8) is 0 Å². The van der Waals surface area contributed by atoms with Gasteiger partial charge in [-0.05, 0) is 19.1 Å². The summed E-state index contributed by atoms with van der Waals surface area (Å²) in [5.41, 5.74) is 0.231. The van der Waals surface area contributed by atoms with E-state index >= 15 is 0 Å². The molecular formula is C14H15NO5. The van der Waals surface area contributed by atoms with Gasteiger partial charge in [-0.15, -0.1) is 0 Å². The topological polar surface area (TPSA) is 78.7 Å². The highest BCUT2D eigenvalue weighted by Crippen LogP contribution is 2.24. The van der Waals surface area contributed by atoms with Crippen LogP contribution in [0.4, 0.5) is 5.69 Å². The number of ether oxygens (including phenoxy) is 2. The zero-order valence-electron chi connectivity index (χ0n) is 11.1. The van der Waals surface area contributed by atoms with Gasteiger partial charge in [0.15, 0.2) is 0 Å². The fourth-order valence-electron chi connectivity index (χ4n) is 2.12. The summed E-state index contributed by atoms with van der Waals surface area (Å²) in [4.78, 5) is 22.0. The highest BCUT2D eigenvalue weighted by Gasteiger charge is 2.26. The molecule has 0 unspecified atom stereocenters. The van der Waals surface area contributed by atoms with E-state index in [-0.39, 0.29) is 17.9 Å². The maximum atomic E-state index is 11.9. The lowest BCUT2D eigenvalue weighted by atomic mass is 10.1. The molecule has 0 aliphatic carbocycles. The summed E-state index contributed by atoms with van der Waals surface area (Å²) in [6.45, 7) is 5.62. The van der Waals surface area contributed by atoms with Crippen LogP contribution in [0.15, 0.2) is 36.6 Å². The maximum Gasteiger partial charge on any atom is 0.338 e. The molecule has 2 rings (SSSR count). The molecule has 1 fully saturated rings. The average Bonchev–Trinajstić information content (AvgIpc) is 2.37. The fourth-order valence-corrected chi connectivity index (χ4v) is 2.12. The molecule has 1 heterocycles. The van der Waals surface area contributed by atoms with E-state index in [0.29, 0.717) is 24.2 Å². The third kappa shape index (κ3) is 3.34. The van der Waals surface area contributed by atoms with Crippen molar-refractivity contribution in [2.24, 2.45) is 0 Å². The number of hydrogen-bond acceptors (Lipinski definition) is 5. The normalized spacial score (nSPS) is 21.9. The monoisotopic (exact) mass is 277 g/mol. The number of rotatable bonds is 3. The van der Waals surface area contributed by atoms with Gasteiger partial charge >= 0.3 is 5.97 Å². The molecule has 0 saturated carbocycles. The zero-order chi connectivity index (χ0) is 14.7. The fraction of sp³-hybridized carbons (Fsp3) is 0.357. The number of hydrogen-bond donors (Lipinski definition) is 0. The van der Waals surface area contributed by atoms with E-state index in [1.165, 1.54) is 24.3 Å². The number of nitro benzene ring substituents is 1. The Kier molecular flexibility index (Phi) is 4.02. The van der Waals surface area contributed by atoms with Crippen molar-refractivity contribution in [3.05, 3.63) is 52.3 Å². The van der Waals surface area contributed by atoms with E-state index < -0.39 is 10.9 Å². The zero-order valence-corrected chi connectivity index (χ0v) is 11.1. The summed E-state index contributed by atoms with van der Waals surface area (Å²) < 4.78 is 10.8. The van der Waals surface area contributed by atoms with Gasteiger partial charge in [-0.25, -0.2) is 4.79 Å². The number of nitrogens with zero attached hydrogens (tertiary/aromatic N) is 1. The third-order valence-electron chi connectivity index (χ3n) is 3.01. The van der Waals surface area contributed by atoms with Gasteiger partial charge in [-0.3, -0.25) is 10.1 Å². The van der Waals surface area contributed by atoms with Crippen LogP contribution >= 0.6 is 0 Å². The number of nitro groups is 1. The number of carbonyl (C=O) groups excluding carboxylic acids is 1. The molecule has 106 valence electrons. The molecule has 1 aliphatic rings. The van der Waals surface area contributed by atoms with Crippen molar-refractivity contribution in [1.82, 2.24) is 0 Å². The van der Waals surface area contributed by atoms with E-state index in [1.54, 1.807) is 0 Å². The molecule has 6 nitrogen and oxygen atoms in total. The highest BCUT2D eigenvalue weighted by atomic mass is 16.6. The predicted molar refractivity (Wildman–Crippen MR) is 71.2 cm³/mol. The van der Waals surface area contributed by atoms with Crippen molar-refractivity contribution in [3.8, 4) is 0 Å². The lowest BCUT2D eigenvalue weighted by Gasteiger charge is -2.29. The van der Waals surface area contributed by atoms with Crippen LogP contribution in [0.5, 0.6) is 0 Å². The van der Waals surface area contributed by atoms with Gasteiger partial charge in [0.25, 0.3) is 5.69 Å². The lowest BCUT2D eigenvalue weighted by molar-refractivity contribution is -0.384. The molecule has 1 aliphatic heterocycles. The second kappa shape index (κ2) is 5.73. The summed E-state index contributed by atoms with van der Waals surface area (Å²) in [6.07, 6.45) is 0.778. The molecule has 0 bridgehead atoms. The van der Waals surface area contributed by atoms with Crippen LogP contribution in [0.2, 0.25) is 0 Å². The van der Waals surface area contributed by atoms with E-state index in [0.717, 1.165) is 0 Å². The highest BCUT2D eigenvalue weighted by molar-refractivity contribution is 5.89. The van der Waals surface area contributed by atoms with Crippen LogP contribution in [0.25, 0.3) is 0 Å². The minimum Gasteiger partial charge on any atom is -0.495 e. The molecular weight excluding hydrogens is 262 g/mol. The Labute approximate surface area is 116 Å². The van der Waals surface area contributed by atoms with Gasteiger partial charge < -0.3 is 9.47 Å². The third-order valence-corrected chi connectivity index (χ3v) is 3.01. The molecule has 0 amide bonds. The van der Waals surface area contributed by atoms with Gasteiger partial charge in [-0.2, -0.15) is 0 Å². The summed E-state index contributed by atoms with van der Waals surface area (Å²) in [6, 6.07) is 5.33. The molecule has 0 N–H and O–H groups in total. The Bertz CT molecular complexity index is 537. The Hall–Kier alpha value is -2.37. The summed E-state index contributed by atoms with van der Waals surface area (Å²) in [5.74, 6) is 0.108. The standard InChI is InChI=1S/C14H15NO5/c1-9-7-13(8-10(2)19-9)20-14(16)11-3-5-12(6-4-11)15(17)18/h3-6,10,13H,1,7-8H2,2H3/t10-,13+/m0/s1. The van der Waals surface area contributed by atoms with Crippen molar-refractivity contribution in [2.75, 3.05) is 0 Å². The molecule has 1 aromatic carbocycles. The summed E-state index contributed by atoms with van der Waals surface area (Å²) in [7, 11) is 0. The second-order valence-electron chi connectivity index (χ2n) is 4.74. The van der Waals surface area contributed by atoms with E-state index in [4.69, 9.17) is 9.47 Å². The first kappa shape index (κ1) is 14.0. The van der Waals surface area contributed by atoms with Crippen LogP contribution in [0.3, 0.4) is 0 Å². The average molecular weight is 277 g/mol. The minimum absolute atomic E-state index is 0.0362. The molecule has 1 saturated heterocycles. The van der Waals surface area contributed by atoms with Crippen molar-refractivity contribution in [2.45, 2.75) is 32.0 Å². The molecule has 1 aromatic rings. The van der Waals surface area contributed by atoms with Crippen LogP contribution in [-0.2, 0) is 9.47 Å². The van der Waals surface area contributed by atoms with Gasteiger partial charge in [-0.1, -0.05) is 6.58 Å². The van der Waals surface area contributed by atoms with Crippen LogP contribution in [0, 0.1) is 10.1 Å². The smallest absolute Gasteiger partial charge is 0.338 e.